The van der Waals surface area contributed by atoms with Crippen LogP contribution in [0.2, 0.25) is 0 Å². The zero-order chi connectivity index (χ0) is 15.5. The van der Waals surface area contributed by atoms with E-state index in [1.807, 2.05) is 32.0 Å². The molecule has 0 radical (unpaired) electrons. The molecule has 0 fully saturated rings. The van der Waals surface area contributed by atoms with Crippen molar-refractivity contribution in [1.82, 2.24) is 5.32 Å². The Hall–Kier alpha value is -1.97. The van der Waals surface area contributed by atoms with Crippen LogP contribution in [-0.4, -0.2) is 18.6 Å². The van der Waals surface area contributed by atoms with Crippen molar-refractivity contribution >= 4 is 16.9 Å². The quantitative estimate of drug-likeness (QED) is 0.918. The van der Waals surface area contributed by atoms with Gasteiger partial charge in [-0.25, -0.2) is 0 Å². The zero-order valence-corrected chi connectivity index (χ0v) is 13.3. The van der Waals surface area contributed by atoms with Gasteiger partial charge in [0.05, 0.1) is 0 Å². The fourth-order valence-corrected chi connectivity index (χ4v) is 2.90. The summed E-state index contributed by atoms with van der Waals surface area (Å²) in [5.41, 5.74) is 2.24. The molecule has 0 bridgehead atoms. The molecule has 22 heavy (non-hydrogen) atoms. The van der Waals surface area contributed by atoms with Crippen LogP contribution in [0.15, 0.2) is 22.6 Å². The summed E-state index contributed by atoms with van der Waals surface area (Å²) in [5.74, 6) is 1.76. The maximum atomic E-state index is 11.8. The van der Waals surface area contributed by atoms with Crippen LogP contribution < -0.4 is 10.1 Å². The van der Waals surface area contributed by atoms with Crippen LogP contribution in [0.3, 0.4) is 0 Å². The van der Waals surface area contributed by atoms with E-state index in [1.54, 1.807) is 0 Å². The number of carbonyl (C=O) groups is 1. The van der Waals surface area contributed by atoms with Crippen molar-refractivity contribution in [3.05, 3.63) is 29.5 Å². The smallest absolute Gasteiger partial charge is 0.258 e. The van der Waals surface area contributed by atoms with Crippen molar-refractivity contribution < 1.29 is 13.9 Å². The molecule has 2 aromatic rings. The molecule has 1 aromatic heterocycles. The summed E-state index contributed by atoms with van der Waals surface area (Å²) in [7, 11) is 0. The van der Waals surface area contributed by atoms with Gasteiger partial charge in [0.2, 0.25) is 0 Å². The Bertz CT molecular complexity index is 674. The van der Waals surface area contributed by atoms with Crippen LogP contribution in [0.5, 0.6) is 5.75 Å². The summed E-state index contributed by atoms with van der Waals surface area (Å²) in [6.45, 7) is 4.08. The van der Waals surface area contributed by atoms with Gasteiger partial charge in [-0.15, -0.1) is 0 Å². The highest BCUT2D eigenvalue weighted by molar-refractivity contribution is 5.84. The van der Waals surface area contributed by atoms with Gasteiger partial charge in [0.1, 0.15) is 17.1 Å². The van der Waals surface area contributed by atoms with Crippen molar-refractivity contribution in [2.75, 3.05) is 6.61 Å². The molecule has 1 unspecified atom stereocenters. The van der Waals surface area contributed by atoms with Crippen molar-refractivity contribution in [2.45, 2.75) is 52.0 Å². The molecule has 1 atom stereocenters. The van der Waals surface area contributed by atoms with Crippen LogP contribution in [0, 0.1) is 0 Å². The first-order valence-electron chi connectivity index (χ1n) is 8.14. The number of ether oxygens (including phenoxy) is 1. The van der Waals surface area contributed by atoms with Crippen molar-refractivity contribution in [3.8, 4) is 5.75 Å². The van der Waals surface area contributed by atoms with E-state index in [0.717, 1.165) is 41.7 Å². The van der Waals surface area contributed by atoms with Gasteiger partial charge in [0.25, 0.3) is 5.91 Å². The molecule has 1 amide bonds. The second-order valence-corrected chi connectivity index (χ2v) is 6.03. The minimum atomic E-state index is -0.0799. The minimum Gasteiger partial charge on any atom is -0.484 e. The summed E-state index contributed by atoms with van der Waals surface area (Å²) in [4.78, 5) is 11.8. The lowest BCUT2D eigenvalue weighted by Gasteiger charge is -2.12. The molecule has 1 aliphatic rings. The largest absolute Gasteiger partial charge is 0.484 e. The van der Waals surface area contributed by atoms with Crippen LogP contribution in [-0.2, 0) is 17.6 Å². The van der Waals surface area contributed by atoms with E-state index < -0.39 is 0 Å². The molecule has 0 aliphatic heterocycles. The normalized spacial score (nSPS) is 15.4. The number of fused-ring (bicyclic) bond motifs is 3. The Morgan fingerprint density at radius 3 is 3.00 bits per heavy atom. The van der Waals surface area contributed by atoms with Gasteiger partial charge in [0.15, 0.2) is 6.61 Å². The van der Waals surface area contributed by atoms with E-state index in [1.165, 1.54) is 18.4 Å². The minimum absolute atomic E-state index is 0.0515. The van der Waals surface area contributed by atoms with Gasteiger partial charge >= 0.3 is 0 Å². The molecule has 1 aliphatic carbocycles. The van der Waals surface area contributed by atoms with E-state index in [0.29, 0.717) is 0 Å². The van der Waals surface area contributed by atoms with Gasteiger partial charge < -0.3 is 14.5 Å². The first-order chi connectivity index (χ1) is 10.7. The zero-order valence-electron chi connectivity index (χ0n) is 13.3. The van der Waals surface area contributed by atoms with E-state index in [-0.39, 0.29) is 18.6 Å². The average Bonchev–Trinajstić information content (AvgIpc) is 2.90. The van der Waals surface area contributed by atoms with Gasteiger partial charge in [-0.2, -0.15) is 0 Å². The van der Waals surface area contributed by atoms with Crippen LogP contribution in [0.25, 0.3) is 11.0 Å². The Morgan fingerprint density at radius 1 is 1.36 bits per heavy atom. The summed E-state index contributed by atoms with van der Waals surface area (Å²) in [5, 5.41) is 4.03. The van der Waals surface area contributed by atoms with Crippen LogP contribution in [0.1, 0.15) is 44.4 Å². The highest BCUT2D eigenvalue weighted by Gasteiger charge is 2.18. The SMILES string of the molecule is CCC(C)NC(=O)COc1ccc2oc3c(c2c1)CCCC3. The standard InChI is InChI=1S/C18H23NO3/c1-3-12(2)19-18(20)11-21-13-8-9-17-15(10-13)14-6-4-5-7-16(14)22-17/h8-10,12H,3-7,11H2,1-2H3,(H,19,20). The summed E-state index contributed by atoms with van der Waals surface area (Å²) < 4.78 is 11.5. The number of hydrogen-bond donors (Lipinski definition) is 1. The number of furan rings is 1. The third kappa shape index (κ3) is 3.11. The van der Waals surface area contributed by atoms with E-state index in [2.05, 4.69) is 5.32 Å². The number of amides is 1. The summed E-state index contributed by atoms with van der Waals surface area (Å²) in [6.07, 6.45) is 5.42. The number of rotatable bonds is 5. The maximum Gasteiger partial charge on any atom is 0.258 e. The summed E-state index contributed by atoms with van der Waals surface area (Å²) >= 11 is 0. The predicted molar refractivity (Wildman–Crippen MR) is 86.2 cm³/mol. The molecule has 118 valence electrons. The number of nitrogens with one attached hydrogen (secondary N) is 1. The molecule has 4 nitrogen and oxygen atoms in total. The topological polar surface area (TPSA) is 51.5 Å². The van der Waals surface area contributed by atoms with Gasteiger partial charge in [-0.3, -0.25) is 4.79 Å². The van der Waals surface area contributed by atoms with E-state index >= 15 is 0 Å². The molecule has 3 rings (SSSR count). The second-order valence-electron chi connectivity index (χ2n) is 6.03. The van der Waals surface area contributed by atoms with E-state index in [4.69, 9.17) is 9.15 Å². The van der Waals surface area contributed by atoms with Gasteiger partial charge in [-0.1, -0.05) is 6.92 Å². The highest BCUT2D eigenvalue weighted by Crippen LogP contribution is 2.33. The average molecular weight is 301 g/mol. The van der Waals surface area contributed by atoms with Crippen molar-refractivity contribution in [1.29, 1.82) is 0 Å². The van der Waals surface area contributed by atoms with Crippen LogP contribution in [0.4, 0.5) is 0 Å². The lowest BCUT2D eigenvalue weighted by atomic mass is 9.96. The molecular weight excluding hydrogens is 278 g/mol. The first-order valence-corrected chi connectivity index (χ1v) is 8.14. The van der Waals surface area contributed by atoms with Crippen molar-refractivity contribution in [2.24, 2.45) is 0 Å². The van der Waals surface area contributed by atoms with Crippen LogP contribution >= 0.6 is 0 Å². The Kier molecular flexibility index (Phi) is 4.36. The maximum absolute atomic E-state index is 11.8. The predicted octanol–water partition coefficient (Wildman–Crippen LogP) is 3.61. The molecule has 0 saturated carbocycles. The summed E-state index contributed by atoms with van der Waals surface area (Å²) in [6, 6.07) is 5.99. The lowest BCUT2D eigenvalue weighted by molar-refractivity contribution is -0.123. The molecule has 1 N–H and O–H groups in total. The monoisotopic (exact) mass is 301 g/mol. The molecule has 1 aromatic carbocycles. The Balaban J connectivity index is 1.71. The number of aryl methyl sites for hydroxylation is 2. The highest BCUT2D eigenvalue weighted by atomic mass is 16.5. The molecule has 0 spiro atoms. The molecule has 0 saturated heterocycles. The second kappa shape index (κ2) is 6.42. The molecular formula is C18H23NO3. The Morgan fingerprint density at radius 2 is 2.18 bits per heavy atom. The van der Waals surface area contributed by atoms with E-state index in [9.17, 15) is 4.79 Å². The van der Waals surface area contributed by atoms with Gasteiger partial charge in [0, 0.05) is 23.4 Å². The number of carbonyl (C=O) groups excluding carboxylic acids is 1. The Labute approximate surface area is 130 Å². The third-order valence-electron chi connectivity index (χ3n) is 4.32. The molecule has 1 heterocycles. The lowest BCUT2D eigenvalue weighted by Crippen LogP contribution is -2.35. The van der Waals surface area contributed by atoms with Gasteiger partial charge in [-0.05, 0) is 50.8 Å². The fraction of sp³-hybridized carbons (Fsp3) is 0.500. The molecule has 4 heteroatoms. The first kappa shape index (κ1) is 14.9. The van der Waals surface area contributed by atoms with Crippen molar-refractivity contribution in [3.63, 3.8) is 0 Å². The third-order valence-corrected chi connectivity index (χ3v) is 4.32. The fourth-order valence-electron chi connectivity index (χ4n) is 2.90. The number of hydrogen-bond acceptors (Lipinski definition) is 3. The number of benzene rings is 1.